The highest BCUT2D eigenvalue weighted by molar-refractivity contribution is 7.09. The van der Waals surface area contributed by atoms with Crippen LogP contribution in [-0.2, 0) is 6.42 Å². The van der Waals surface area contributed by atoms with E-state index < -0.39 is 0 Å². The molecule has 1 aromatic carbocycles. The van der Waals surface area contributed by atoms with Crippen LogP contribution in [0, 0.1) is 0 Å². The highest BCUT2D eigenvalue weighted by atomic mass is 32.1. The van der Waals surface area contributed by atoms with E-state index in [4.69, 9.17) is 4.74 Å². The number of nitrogens with zero attached hydrogens (tertiary/aromatic N) is 2. The van der Waals surface area contributed by atoms with Gasteiger partial charge >= 0.3 is 0 Å². The molecule has 5 heteroatoms. The van der Waals surface area contributed by atoms with Crippen LogP contribution in [-0.4, -0.2) is 23.6 Å². The maximum atomic E-state index is 5.85. The molecule has 0 saturated carbocycles. The summed E-state index contributed by atoms with van der Waals surface area (Å²) in [5.74, 6) is 1.21. The highest BCUT2D eigenvalue weighted by Crippen LogP contribution is 2.24. The largest absolute Gasteiger partial charge is 0.477 e. The normalized spacial score (nSPS) is 10.7. The lowest BCUT2D eigenvalue weighted by Gasteiger charge is -2.09. The van der Waals surface area contributed by atoms with Gasteiger partial charge < -0.3 is 10.1 Å². The Morgan fingerprint density at radius 2 is 2.05 bits per heavy atom. The van der Waals surface area contributed by atoms with Crippen LogP contribution in [0.5, 0.6) is 5.88 Å². The average molecular weight is 285 g/mol. The molecule has 2 aromatic heterocycles. The van der Waals surface area contributed by atoms with Crippen molar-refractivity contribution in [3.05, 3.63) is 46.7 Å². The highest BCUT2D eigenvalue weighted by Gasteiger charge is 2.07. The molecule has 3 aromatic rings. The maximum absolute atomic E-state index is 5.85. The molecule has 0 aliphatic carbocycles. The quantitative estimate of drug-likeness (QED) is 0.781. The minimum atomic E-state index is 0.579. The molecular formula is C15H15N3OS. The summed E-state index contributed by atoms with van der Waals surface area (Å²) in [7, 11) is 1.81. The molecule has 0 saturated heterocycles. The first kappa shape index (κ1) is 12.9. The van der Waals surface area contributed by atoms with Crippen molar-refractivity contribution in [1.29, 1.82) is 0 Å². The van der Waals surface area contributed by atoms with Gasteiger partial charge in [0.05, 0.1) is 17.5 Å². The van der Waals surface area contributed by atoms with E-state index in [1.54, 1.807) is 18.4 Å². The number of thiophene rings is 1. The molecule has 20 heavy (non-hydrogen) atoms. The van der Waals surface area contributed by atoms with Gasteiger partial charge in [0.2, 0.25) is 11.8 Å². The molecule has 0 unspecified atom stereocenters. The van der Waals surface area contributed by atoms with Crippen molar-refractivity contribution in [3.63, 3.8) is 0 Å². The second kappa shape index (κ2) is 5.88. The Morgan fingerprint density at radius 3 is 2.85 bits per heavy atom. The van der Waals surface area contributed by atoms with Crippen molar-refractivity contribution < 1.29 is 4.74 Å². The molecule has 0 aliphatic rings. The third-order valence-electron chi connectivity index (χ3n) is 2.96. The van der Waals surface area contributed by atoms with Gasteiger partial charge in [-0.2, -0.15) is 4.98 Å². The van der Waals surface area contributed by atoms with E-state index >= 15 is 0 Å². The topological polar surface area (TPSA) is 47.0 Å². The van der Waals surface area contributed by atoms with Crippen molar-refractivity contribution in [1.82, 2.24) is 9.97 Å². The fourth-order valence-corrected chi connectivity index (χ4v) is 2.66. The Bertz CT molecular complexity index is 697. The van der Waals surface area contributed by atoms with E-state index in [1.165, 1.54) is 4.88 Å². The zero-order valence-electron chi connectivity index (χ0n) is 11.2. The van der Waals surface area contributed by atoms with Crippen molar-refractivity contribution >= 4 is 28.2 Å². The van der Waals surface area contributed by atoms with Gasteiger partial charge in [0.25, 0.3) is 0 Å². The van der Waals surface area contributed by atoms with Crippen LogP contribution >= 0.6 is 11.3 Å². The number of anilines is 1. The first-order chi connectivity index (χ1) is 9.86. The fourth-order valence-electron chi connectivity index (χ4n) is 1.97. The van der Waals surface area contributed by atoms with Crippen LogP contribution in [0.2, 0.25) is 0 Å². The number of para-hydroxylation sites is 1. The Hall–Kier alpha value is -2.14. The van der Waals surface area contributed by atoms with E-state index in [-0.39, 0.29) is 0 Å². The maximum Gasteiger partial charge on any atom is 0.226 e. The summed E-state index contributed by atoms with van der Waals surface area (Å²) >= 11 is 1.74. The molecule has 4 nitrogen and oxygen atoms in total. The molecule has 0 bridgehead atoms. The van der Waals surface area contributed by atoms with Gasteiger partial charge in [-0.25, -0.2) is 4.98 Å². The first-order valence-electron chi connectivity index (χ1n) is 6.46. The SMILES string of the molecule is CNc1nc(OCCc2cccs2)c2ccccc2n1. The molecule has 0 atom stereocenters. The molecule has 0 radical (unpaired) electrons. The third kappa shape index (κ3) is 2.72. The van der Waals surface area contributed by atoms with Crippen molar-refractivity contribution in [2.24, 2.45) is 0 Å². The molecule has 0 fully saturated rings. The average Bonchev–Trinajstić information content (AvgIpc) is 3.00. The van der Waals surface area contributed by atoms with Crippen LogP contribution in [0.1, 0.15) is 4.88 Å². The molecule has 2 heterocycles. The third-order valence-corrected chi connectivity index (χ3v) is 3.90. The molecule has 0 spiro atoms. The van der Waals surface area contributed by atoms with E-state index in [2.05, 4.69) is 32.8 Å². The number of hydrogen-bond acceptors (Lipinski definition) is 5. The summed E-state index contributed by atoms with van der Waals surface area (Å²) in [5.41, 5.74) is 0.887. The zero-order chi connectivity index (χ0) is 13.8. The minimum absolute atomic E-state index is 0.579. The van der Waals surface area contributed by atoms with E-state index in [9.17, 15) is 0 Å². The van der Waals surface area contributed by atoms with Gasteiger partial charge in [-0.05, 0) is 23.6 Å². The molecule has 3 rings (SSSR count). The Kier molecular flexibility index (Phi) is 3.78. The summed E-state index contributed by atoms with van der Waals surface area (Å²) in [6.45, 7) is 0.616. The van der Waals surface area contributed by atoms with E-state index in [0.29, 0.717) is 18.4 Å². The Balaban J connectivity index is 1.82. The van der Waals surface area contributed by atoms with Crippen molar-refractivity contribution in [2.45, 2.75) is 6.42 Å². The van der Waals surface area contributed by atoms with Crippen LogP contribution < -0.4 is 10.1 Å². The predicted molar refractivity (Wildman–Crippen MR) is 82.6 cm³/mol. The lowest BCUT2D eigenvalue weighted by Crippen LogP contribution is -2.05. The minimum Gasteiger partial charge on any atom is -0.477 e. The summed E-state index contributed by atoms with van der Waals surface area (Å²) in [5, 5.41) is 5.98. The van der Waals surface area contributed by atoms with Crippen LogP contribution in [0.3, 0.4) is 0 Å². The lowest BCUT2D eigenvalue weighted by molar-refractivity contribution is 0.315. The first-order valence-corrected chi connectivity index (χ1v) is 7.34. The number of nitrogens with one attached hydrogen (secondary N) is 1. The van der Waals surface area contributed by atoms with Gasteiger partial charge in [0.15, 0.2) is 0 Å². The standard InChI is InChI=1S/C15H15N3OS/c1-16-15-17-13-7-3-2-6-12(13)14(18-15)19-9-8-11-5-4-10-20-11/h2-7,10H,8-9H2,1H3,(H,16,17,18). The van der Waals surface area contributed by atoms with Crippen LogP contribution in [0.25, 0.3) is 10.9 Å². The number of hydrogen-bond donors (Lipinski definition) is 1. The van der Waals surface area contributed by atoms with Gasteiger partial charge in [0, 0.05) is 18.3 Å². The second-order valence-corrected chi connectivity index (χ2v) is 5.33. The molecule has 0 amide bonds. The summed E-state index contributed by atoms with van der Waals surface area (Å²) in [4.78, 5) is 10.1. The number of rotatable bonds is 5. The van der Waals surface area contributed by atoms with E-state index in [1.807, 2.05) is 24.3 Å². The smallest absolute Gasteiger partial charge is 0.226 e. The van der Waals surface area contributed by atoms with Gasteiger partial charge in [0.1, 0.15) is 0 Å². The Labute approximate surface area is 121 Å². The Morgan fingerprint density at radius 1 is 1.15 bits per heavy atom. The number of benzene rings is 1. The van der Waals surface area contributed by atoms with Gasteiger partial charge in [-0.15, -0.1) is 11.3 Å². The lowest BCUT2D eigenvalue weighted by atomic mass is 10.2. The summed E-state index contributed by atoms with van der Waals surface area (Å²) < 4.78 is 5.85. The zero-order valence-corrected chi connectivity index (χ0v) is 12.0. The molecule has 102 valence electrons. The van der Waals surface area contributed by atoms with Crippen LogP contribution in [0.4, 0.5) is 5.95 Å². The molecule has 0 aliphatic heterocycles. The van der Waals surface area contributed by atoms with Crippen LogP contribution in [0.15, 0.2) is 41.8 Å². The van der Waals surface area contributed by atoms with Crippen molar-refractivity contribution in [2.75, 3.05) is 19.0 Å². The number of aromatic nitrogens is 2. The summed E-state index contributed by atoms with van der Waals surface area (Å²) in [6, 6.07) is 12.0. The number of fused-ring (bicyclic) bond motifs is 1. The van der Waals surface area contributed by atoms with Crippen molar-refractivity contribution in [3.8, 4) is 5.88 Å². The predicted octanol–water partition coefficient (Wildman–Crippen LogP) is 3.35. The molecule has 1 N–H and O–H groups in total. The van der Waals surface area contributed by atoms with Gasteiger partial charge in [-0.3, -0.25) is 0 Å². The summed E-state index contributed by atoms with van der Waals surface area (Å²) in [6.07, 6.45) is 0.894. The second-order valence-electron chi connectivity index (χ2n) is 4.30. The molecular weight excluding hydrogens is 270 g/mol. The fraction of sp³-hybridized carbons (Fsp3) is 0.200. The number of ether oxygens (including phenoxy) is 1. The monoisotopic (exact) mass is 285 g/mol. The van der Waals surface area contributed by atoms with E-state index in [0.717, 1.165) is 17.3 Å². The van der Waals surface area contributed by atoms with Gasteiger partial charge in [-0.1, -0.05) is 18.2 Å².